The van der Waals surface area contributed by atoms with Crippen molar-refractivity contribution < 1.29 is 9.18 Å². The maximum absolute atomic E-state index is 14.6. The third-order valence-corrected chi connectivity index (χ3v) is 5.03. The molecule has 8 nitrogen and oxygen atoms in total. The van der Waals surface area contributed by atoms with Gasteiger partial charge in [0.1, 0.15) is 5.82 Å². The van der Waals surface area contributed by atoms with Crippen LogP contribution in [0.5, 0.6) is 0 Å². The second-order valence-corrected chi connectivity index (χ2v) is 7.10. The molecule has 2 aromatic rings. The van der Waals surface area contributed by atoms with E-state index in [1.807, 2.05) is 0 Å². The number of carbonyl (C=O) groups excluding carboxylic acids is 1. The van der Waals surface area contributed by atoms with Crippen LogP contribution in [-0.4, -0.2) is 36.2 Å². The topological polar surface area (TPSA) is 144 Å². The molecule has 2 atom stereocenters. The Morgan fingerprint density at radius 3 is 2.76 bits per heavy atom. The van der Waals surface area contributed by atoms with E-state index in [0.717, 1.165) is 31.7 Å². The molecule has 1 heterocycles. The minimum absolute atomic E-state index is 0.0226. The van der Waals surface area contributed by atoms with E-state index in [1.54, 1.807) is 31.5 Å². The Hall–Kier alpha value is -3.20. The minimum atomic E-state index is -0.797. The second kappa shape index (κ2) is 8.87. The Balaban J connectivity index is 1.99. The first-order chi connectivity index (χ1) is 13.9. The molecule has 0 spiro atoms. The van der Waals surface area contributed by atoms with Crippen molar-refractivity contribution >= 4 is 35.1 Å². The van der Waals surface area contributed by atoms with Gasteiger partial charge in [0.05, 0.1) is 11.3 Å². The van der Waals surface area contributed by atoms with Gasteiger partial charge in [0.25, 0.3) is 5.91 Å². The van der Waals surface area contributed by atoms with E-state index in [1.165, 1.54) is 0 Å². The average molecular weight is 399 g/mol. The summed E-state index contributed by atoms with van der Waals surface area (Å²) < 4.78 is 14.6. The number of nitrogens with zero attached hydrogens (tertiary/aromatic N) is 2. The number of halogens is 1. The van der Waals surface area contributed by atoms with Gasteiger partial charge in [0.15, 0.2) is 11.6 Å². The Labute approximate surface area is 168 Å². The summed E-state index contributed by atoms with van der Waals surface area (Å²) in [5.74, 6) is -1.31. The number of pyridine rings is 1. The Morgan fingerprint density at radius 2 is 2.07 bits per heavy atom. The van der Waals surface area contributed by atoms with Gasteiger partial charge >= 0.3 is 0 Å². The number of aliphatic imine (C=N–C) groups is 1. The molecule has 1 fully saturated rings. The highest BCUT2D eigenvalue weighted by Crippen LogP contribution is 2.29. The summed E-state index contributed by atoms with van der Waals surface area (Å²) in [6.45, 7) is 0. The van der Waals surface area contributed by atoms with Crippen LogP contribution >= 0.6 is 0 Å². The summed E-state index contributed by atoms with van der Waals surface area (Å²) in [4.78, 5) is 20.2. The summed E-state index contributed by atoms with van der Waals surface area (Å²) in [6.07, 6.45) is 5.35. The number of aromatic nitrogens is 1. The van der Waals surface area contributed by atoms with Crippen LogP contribution in [0.3, 0.4) is 0 Å². The maximum atomic E-state index is 14.6. The summed E-state index contributed by atoms with van der Waals surface area (Å²) in [6, 6.07) is 6.14. The van der Waals surface area contributed by atoms with Gasteiger partial charge < -0.3 is 27.8 Å². The molecule has 29 heavy (non-hydrogen) atoms. The SMILES string of the molecule is CN=Cc1c(N)cccc1Nc1nc(N[C@@H]2CCCC[C@@H]2N)c(F)cc1C(N)=O. The molecular formula is C20H26FN7O. The third-order valence-electron chi connectivity index (χ3n) is 5.03. The highest BCUT2D eigenvalue weighted by Gasteiger charge is 2.24. The molecule has 0 radical (unpaired) electrons. The maximum Gasteiger partial charge on any atom is 0.252 e. The monoisotopic (exact) mass is 399 g/mol. The molecule has 0 unspecified atom stereocenters. The number of hydrogen-bond donors (Lipinski definition) is 5. The zero-order chi connectivity index (χ0) is 21.0. The van der Waals surface area contributed by atoms with Crippen LogP contribution in [0.1, 0.15) is 41.6 Å². The molecule has 1 aliphatic carbocycles. The summed E-state index contributed by atoms with van der Waals surface area (Å²) in [7, 11) is 1.62. The van der Waals surface area contributed by atoms with Crippen molar-refractivity contribution in [1.82, 2.24) is 4.98 Å². The van der Waals surface area contributed by atoms with Gasteiger partial charge in [-0.25, -0.2) is 9.37 Å². The predicted octanol–water partition coefficient (Wildman–Crippen LogP) is 2.38. The van der Waals surface area contributed by atoms with Crippen molar-refractivity contribution in [2.45, 2.75) is 37.8 Å². The van der Waals surface area contributed by atoms with E-state index in [9.17, 15) is 9.18 Å². The average Bonchev–Trinajstić information content (AvgIpc) is 2.68. The molecule has 1 aromatic heterocycles. The highest BCUT2D eigenvalue weighted by molar-refractivity contribution is 6.00. The van der Waals surface area contributed by atoms with Crippen LogP contribution < -0.4 is 27.8 Å². The van der Waals surface area contributed by atoms with Gasteiger partial charge in [-0.15, -0.1) is 0 Å². The Kier molecular flexibility index (Phi) is 6.28. The first-order valence-electron chi connectivity index (χ1n) is 9.50. The van der Waals surface area contributed by atoms with Gasteiger partial charge in [-0.3, -0.25) is 9.79 Å². The number of nitrogens with two attached hydrogens (primary N) is 3. The normalized spacial score (nSPS) is 19.3. The fraction of sp³-hybridized carbons (Fsp3) is 0.350. The van der Waals surface area contributed by atoms with Crippen LogP contribution in [0.2, 0.25) is 0 Å². The fourth-order valence-corrected chi connectivity index (χ4v) is 3.48. The molecular weight excluding hydrogens is 373 g/mol. The van der Waals surface area contributed by atoms with E-state index in [0.29, 0.717) is 16.9 Å². The van der Waals surface area contributed by atoms with Crippen molar-refractivity contribution in [3.05, 3.63) is 41.2 Å². The molecule has 1 aromatic carbocycles. The molecule has 8 N–H and O–H groups in total. The summed E-state index contributed by atoms with van der Waals surface area (Å²) >= 11 is 0. The number of hydrogen-bond acceptors (Lipinski definition) is 7. The van der Waals surface area contributed by atoms with Crippen LogP contribution in [0.15, 0.2) is 29.3 Å². The lowest BCUT2D eigenvalue weighted by Crippen LogP contribution is -2.43. The number of rotatable bonds is 6. The second-order valence-electron chi connectivity index (χ2n) is 7.10. The molecule has 0 aliphatic heterocycles. The molecule has 1 saturated carbocycles. The summed E-state index contributed by atoms with van der Waals surface area (Å²) in [5, 5.41) is 6.13. The number of amides is 1. The number of benzene rings is 1. The van der Waals surface area contributed by atoms with Gasteiger partial charge in [-0.1, -0.05) is 18.9 Å². The van der Waals surface area contributed by atoms with Crippen molar-refractivity contribution in [1.29, 1.82) is 0 Å². The molecule has 0 bridgehead atoms. The number of anilines is 4. The molecule has 9 heteroatoms. The first kappa shape index (κ1) is 20.5. The first-order valence-corrected chi connectivity index (χ1v) is 9.50. The molecule has 1 aliphatic rings. The summed E-state index contributed by atoms with van der Waals surface area (Å²) in [5.41, 5.74) is 19.2. The van der Waals surface area contributed by atoms with Crippen LogP contribution in [0.25, 0.3) is 0 Å². The van der Waals surface area contributed by atoms with Crippen molar-refractivity contribution in [3.8, 4) is 0 Å². The van der Waals surface area contributed by atoms with Crippen molar-refractivity contribution in [2.24, 2.45) is 16.5 Å². The molecule has 3 rings (SSSR count). The quantitative estimate of drug-likeness (QED) is 0.372. The lowest BCUT2D eigenvalue weighted by molar-refractivity contribution is 0.100. The highest BCUT2D eigenvalue weighted by atomic mass is 19.1. The minimum Gasteiger partial charge on any atom is -0.398 e. The smallest absolute Gasteiger partial charge is 0.252 e. The van der Waals surface area contributed by atoms with E-state index < -0.39 is 11.7 Å². The van der Waals surface area contributed by atoms with Gasteiger partial charge in [-0.05, 0) is 31.0 Å². The predicted molar refractivity (Wildman–Crippen MR) is 114 cm³/mol. The van der Waals surface area contributed by atoms with Gasteiger partial charge in [0, 0.05) is 36.6 Å². The number of nitrogens with one attached hydrogen (secondary N) is 2. The zero-order valence-electron chi connectivity index (χ0n) is 16.3. The fourth-order valence-electron chi connectivity index (χ4n) is 3.48. The van der Waals surface area contributed by atoms with Crippen LogP contribution in [0.4, 0.5) is 27.4 Å². The van der Waals surface area contributed by atoms with Crippen molar-refractivity contribution in [3.63, 3.8) is 0 Å². The molecule has 0 saturated heterocycles. The zero-order valence-corrected chi connectivity index (χ0v) is 16.3. The van der Waals surface area contributed by atoms with E-state index >= 15 is 0 Å². The van der Waals surface area contributed by atoms with Crippen LogP contribution in [-0.2, 0) is 0 Å². The van der Waals surface area contributed by atoms with E-state index in [-0.39, 0.29) is 29.3 Å². The number of nitrogen functional groups attached to an aromatic ring is 1. The third kappa shape index (κ3) is 4.62. The number of carbonyl (C=O) groups is 1. The molecule has 1 amide bonds. The van der Waals surface area contributed by atoms with E-state index in [2.05, 4.69) is 20.6 Å². The lowest BCUT2D eigenvalue weighted by atomic mass is 9.91. The lowest BCUT2D eigenvalue weighted by Gasteiger charge is -2.30. The molecule has 154 valence electrons. The van der Waals surface area contributed by atoms with Gasteiger partial charge in [-0.2, -0.15) is 0 Å². The van der Waals surface area contributed by atoms with Crippen LogP contribution in [0, 0.1) is 5.82 Å². The van der Waals surface area contributed by atoms with Gasteiger partial charge in [0.2, 0.25) is 0 Å². The van der Waals surface area contributed by atoms with Crippen molar-refractivity contribution in [2.75, 3.05) is 23.4 Å². The Morgan fingerprint density at radius 1 is 1.31 bits per heavy atom. The number of primary amides is 1. The standard InChI is InChI=1S/C20H26FN7O/c1-25-10-12-14(22)6-4-8-16(12)26-19-11(18(24)29)9-13(21)20(28-19)27-17-7-3-2-5-15(17)23/h4,6,8-10,15,17H,2-3,5,7,22-23H2,1H3,(H2,24,29)(H2,26,27,28)/t15-,17+/m0/s1. The Bertz CT molecular complexity index is 931. The van der Waals surface area contributed by atoms with E-state index in [4.69, 9.17) is 17.2 Å². The largest absolute Gasteiger partial charge is 0.398 e.